The van der Waals surface area contributed by atoms with Crippen molar-refractivity contribution < 1.29 is 4.74 Å². The summed E-state index contributed by atoms with van der Waals surface area (Å²) >= 11 is 0. The van der Waals surface area contributed by atoms with E-state index in [0.717, 1.165) is 0 Å². The van der Waals surface area contributed by atoms with Gasteiger partial charge in [0.2, 0.25) is 0 Å². The van der Waals surface area contributed by atoms with Gasteiger partial charge >= 0.3 is 0 Å². The molecule has 2 heteroatoms. The first-order valence-electron chi connectivity index (χ1n) is 5.34. The van der Waals surface area contributed by atoms with E-state index in [4.69, 9.17) is 4.74 Å². The molecule has 1 atom stereocenters. The third kappa shape index (κ3) is 4.63. The van der Waals surface area contributed by atoms with Crippen LogP contribution in [0.4, 0.5) is 0 Å². The molecule has 2 nitrogen and oxygen atoms in total. The average Bonchev–Trinajstić information content (AvgIpc) is 2.12. The first-order chi connectivity index (χ1) is 5.97. The lowest BCUT2D eigenvalue weighted by Gasteiger charge is -2.26. The predicted molar refractivity (Wildman–Crippen MR) is 56.0 cm³/mol. The van der Waals surface area contributed by atoms with E-state index in [1.807, 2.05) is 0 Å². The second-order valence-corrected chi connectivity index (χ2v) is 5.09. The highest BCUT2D eigenvalue weighted by Crippen LogP contribution is 2.19. The summed E-state index contributed by atoms with van der Waals surface area (Å²) in [4.78, 5) is 2.39. The molecule has 1 rings (SSSR count). The zero-order valence-corrected chi connectivity index (χ0v) is 9.47. The number of rotatable bonds is 1. The lowest BCUT2D eigenvalue weighted by atomic mass is 10.1. The van der Waals surface area contributed by atoms with Crippen molar-refractivity contribution in [3.63, 3.8) is 0 Å². The number of hydrogen-bond acceptors (Lipinski definition) is 2. The van der Waals surface area contributed by atoms with Gasteiger partial charge in [-0.05, 0) is 53.6 Å². The van der Waals surface area contributed by atoms with Gasteiger partial charge in [0.05, 0.1) is 11.7 Å². The van der Waals surface area contributed by atoms with Crippen molar-refractivity contribution in [2.24, 2.45) is 0 Å². The molecule has 1 aliphatic heterocycles. The van der Waals surface area contributed by atoms with Gasteiger partial charge in [-0.1, -0.05) is 0 Å². The molecule has 0 aliphatic carbocycles. The summed E-state index contributed by atoms with van der Waals surface area (Å²) in [5.41, 5.74) is 0.0214. The Hall–Kier alpha value is -0.0800. The Morgan fingerprint density at radius 3 is 2.46 bits per heavy atom. The molecule has 0 aromatic rings. The van der Waals surface area contributed by atoms with E-state index in [1.54, 1.807) is 0 Å². The summed E-state index contributed by atoms with van der Waals surface area (Å²) in [6.45, 7) is 8.83. The highest BCUT2D eigenvalue weighted by atomic mass is 16.5. The van der Waals surface area contributed by atoms with Crippen molar-refractivity contribution >= 4 is 0 Å². The van der Waals surface area contributed by atoms with Crippen LogP contribution in [0, 0.1) is 0 Å². The van der Waals surface area contributed by atoms with Crippen LogP contribution in [-0.2, 0) is 4.74 Å². The minimum atomic E-state index is 0.0214. The van der Waals surface area contributed by atoms with E-state index in [9.17, 15) is 0 Å². The third-order valence-corrected chi connectivity index (χ3v) is 2.42. The summed E-state index contributed by atoms with van der Waals surface area (Å²) in [5.74, 6) is 0. The molecule has 1 saturated heterocycles. The molecule has 0 amide bonds. The smallest absolute Gasteiger partial charge is 0.0602 e. The maximum absolute atomic E-state index is 5.98. The Labute approximate surface area is 82.3 Å². The number of hydrogen-bond donors (Lipinski definition) is 0. The van der Waals surface area contributed by atoms with Crippen LogP contribution in [0.3, 0.4) is 0 Å². The fourth-order valence-corrected chi connectivity index (χ4v) is 1.83. The standard InChI is InChI=1S/C11H23NO/c1-11(2,3)13-10-6-5-8-12(4)9-7-10/h10H,5-9H2,1-4H3. The quantitative estimate of drug-likeness (QED) is 0.621. The molecule has 0 aromatic carbocycles. The molecule has 0 radical (unpaired) electrons. The summed E-state index contributed by atoms with van der Waals surface area (Å²) in [6.07, 6.45) is 4.16. The van der Waals surface area contributed by atoms with E-state index in [0.29, 0.717) is 6.10 Å². The zero-order chi connectivity index (χ0) is 9.90. The minimum Gasteiger partial charge on any atom is -0.373 e. The maximum Gasteiger partial charge on any atom is 0.0602 e. The SMILES string of the molecule is CN1CCCC(OC(C)(C)C)CC1. The summed E-state index contributed by atoms with van der Waals surface area (Å²) < 4.78 is 5.98. The van der Waals surface area contributed by atoms with Crippen LogP contribution in [0.25, 0.3) is 0 Å². The Morgan fingerprint density at radius 1 is 1.15 bits per heavy atom. The van der Waals surface area contributed by atoms with Crippen molar-refractivity contribution in [3.05, 3.63) is 0 Å². The zero-order valence-electron chi connectivity index (χ0n) is 9.47. The van der Waals surface area contributed by atoms with Crippen LogP contribution in [0.5, 0.6) is 0 Å². The lowest BCUT2D eigenvalue weighted by molar-refractivity contribution is -0.0644. The van der Waals surface area contributed by atoms with Gasteiger partial charge in [0.25, 0.3) is 0 Å². The van der Waals surface area contributed by atoms with Gasteiger partial charge in [0.1, 0.15) is 0 Å². The van der Waals surface area contributed by atoms with Gasteiger partial charge in [-0.25, -0.2) is 0 Å². The number of likely N-dealkylation sites (tertiary alicyclic amines) is 1. The molecule has 1 fully saturated rings. The highest BCUT2D eigenvalue weighted by molar-refractivity contribution is 4.71. The Bertz CT molecular complexity index is 151. The van der Waals surface area contributed by atoms with Crippen LogP contribution >= 0.6 is 0 Å². The number of nitrogens with zero attached hydrogens (tertiary/aromatic N) is 1. The van der Waals surface area contributed by atoms with E-state index in [-0.39, 0.29) is 5.60 Å². The number of ether oxygens (including phenoxy) is 1. The average molecular weight is 185 g/mol. The lowest BCUT2D eigenvalue weighted by Crippen LogP contribution is -2.28. The molecular weight excluding hydrogens is 162 g/mol. The fourth-order valence-electron chi connectivity index (χ4n) is 1.83. The van der Waals surface area contributed by atoms with Crippen molar-refractivity contribution in [3.8, 4) is 0 Å². The van der Waals surface area contributed by atoms with E-state index >= 15 is 0 Å². The third-order valence-electron chi connectivity index (χ3n) is 2.42. The largest absolute Gasteiger partial charge is 0.373 e. The Kier molecular flexibility index (Phi) is 3.74. The van der Waals surface area contributed by atoms with Crippen LogP contribution in [0.15, 0.2) is 0 Å². The molecule has 0 saturated carbocycles. The van der Waals surface area contributed by atoms with Gasteiger partial charge in [-0.3, -0.25) is 0 Å². The van der Waals surface area contributed by atoms with Crippen molar-refractivity contribution in [1.82, 2.24) is 4.90 Å². The van der Waals surface area contributed by atoms with Gasteiger partial charge in [-0.15, -0.1) is 0 Å². The molecule has 0 N–H and O–H groups in total. The fraction of sp³-hybridized carbons (Fsp3) is 1.00. The minimum absolute atomic E-state index is 0.0214. The molecule has 78 valence electrons. The summed E-state index contributed by atoms with van der Waals surface area (Å²) in [6, 6.07) is 0. The monoisotopic (exact) mass is 185 g/mol. The molecule has 1 unspecified atom stereocenters. The van der Waals surface area contributed by atoms with E-state index < -0.39 is 0 Å². The van der Waals surface area contributed by atoms with Gasteiger partial charge < -0.3 is 9.64 Å². The summed E-state index contributed by atoms with van der Waals surface area (Å²) in [7, 11) is 2.19. The van der Waals surface area contributed by atoms with Crippen LogP contribution in [-0.4, -0.2) is 36.7 Å². The normalized spacial score (nSPS) is 27.2. The molecule has 13 heavy (non-hydrogen) atoms. The van der Waals surface area contributed by atoms with Gasteiger partial charge in [-0.2, -0.15) is 0 Å². The van der Waals surface area contributed by atoms with Crippen LogP contribution in [0.2, 0.25) is 0 Å². The molecule has 0 aromatic heterocycles. The second kappa shape index (κ2) is 4.43. The van der Waals surface area contributed by atoms with Crippen molar-refractivity contribution in [1.29, 1.82) is 0 Å². The van der Waals surface area contributed by atoms with Crippen molar-refractivity contribution in [2.45, 2.75) is 51.7 Å². The molecule has 0 bridgehead atoms. The van der Waals surface area contributed by atoms with Gasteiger partial charge in [0, 0.05) is 6.54 Å². The maximum atomic E-state index is 5.98. The van der Waals surface area contributed by atoms with Crippen molar-refractivity contribution in [2.75, 3.05) is 20.1 Å². The van der Waals surface area contributed by atoms with Crippen LogP contribution in [0.1, 0.15) is 40.0 Å². The van der Waals surface area contributed by atoms with Crippen LogP contribution < -0.4 is 0 Å². The summed E-state index contributed by atoms with van der Waals surface area (Å²) in [5, 5.41) is 0. The first-order valence-corrected chi connectivity index (χ1v) is 5.34. The van der Waals surface area contributed by atoms with Gasteiger partial charge in [0.15, 0.2) is 0 Å². The molecule has 0 spiro atoms. The van der Waals surface area contributed by atoms with E-state index in [2.05, 4.69) is 32.7 Å². The Morgan fingerprint density at radius 2 is 1.85 bits per heavy atom. The second-order valence-electron chi connectivity index (χ2n) is 5.09. The topological polar surface area (TPSA) is 12.5 Å². The first kappa shape index (κ1) is 11.0. The molecule has 1 aliphatic rings. The highest BCUT2D eigenvalue weighted by Gasteiger charge is 2.20. The predicted octanol–water partition coefficient (Wildman–Crippen LogP) is 2.29. The molecular formula is C11H23NO. The Balaban J connectivity index is 2.34. The van der Waals surface area contributed by atoms with E-state index in [1.165, 1.54) is 32.4 Å². The molecule has 1 heterocycles.